The van der Waals surface area contributed by atoms with Crippen LogP contribution in [-0.4, -0.2) is 16.0 Å². The number of hydrogen-bond acceptors (Lipinski definition) is 5. The maximum Gasteiger partial charge on any atom is 0.173 e. The Morgan fingerprint density at radius 1 is 1.03 bits per heavy atom. The van der Waals surface area contributed by atoms with Crippen LogP contribution in [0.2, 0.25) is 15.1 Å². The summed E-state index contributed by atoms with van der Waals surface area (Å²) in [6.45, 7) is 1.65. The Morgan fingerprint density at radius 2 is 1.63 bits per heavy atom. The number of carbonyl (C=O) groups excluding carboxylic acids is 1. The minimum Gasteiger partial charge on any atom is -0.545 e. The molecule has 0 fully saturated rings. The number of nitrogens with zero attached hydrogens (tertiary/aromatic N) is 2. The van der Waals surface area contributed by atoms with Gasteiger partial charge in [0, 0.05) is 33.0 Å². The third-order valence-electron chi connectivity index (χ3n) is 4.51. The van der Waals surface area contributed by atoms with Crippen LogP contribution in [0.1, 0.15) is 24.1 Å². The van der Waals surface area contributed by atoms with Crippen LogP contribution < -0.4 is 5.11 Å². The normalized spacial score (nSPS) is 17.5. The van der Waals surface area contributed by atoms with Crippen molar-refractivity contribution in [2.75, 3.05) is 0 Å². The van der Waals surface area contributed by atoms with E-state index in [4.69, 9.17) is 34.8 Å². The van der Waals surface area contributed by atoms with Crippen molar-refractivity contribution in [2.24, 2.45) is 4.99 Å². The monoisotopic (exact) mass is 521 g/mol. The molecule has 4 rings (SSSR count). The number of halogens is 5. The number of aliphatic imine (C=N–C) groups is 1. The Labute approximate surface area is 205 Å². The highest BCUT2D eigenvalue weighted by molar-refractivity contribution is 8.22. The van der Waals surface area contributed by atoms with E-state index in [1.165, 1.54) is 11.8 Å². The predicted molar refractivity (Wildman–Crippen MR) is 128 cm³/mol. The first-order chi connectivity index (χ1) is 13.4. The molecule has 0 radical (unpaired) electrons. The van der Waals surface area contributed by atoms with E-state index in [1.54, 1.807) is 54.4 Å². The summed E-state index contributed by atoms with van der Waals surface area (Å²) in [6.07, 6.45) is 1.81. The van der Waals surface area contributed by atoms with E-state index in [9.17, 15) is 9.90 Å². The highest BCUT2D eigenvalue weighted by Crippen LogP contribution is 2.49. The molecule has 2 aliphatic rings. The van der Waals surface area contributed by atoms with Gasteiger partial charge in [-0.15, -0.1) is 24.8 Å². The molecule has 2 heterocycles. The summed E-state index contributed by atoms with van der Waals surface area (Å²) in [5.74, 6) is -1.28. The van der Waals surface area contributed by atoms with Gasteiger partial charge in [0.1, 0.15) is 0 Å². The number of carbonyl (C=O) groups is 1. The summed E-state index contributed by atoms with van der Waals surface area (Å²) in [5, 5.41) is 14.0. The van der Waals surface area contributed by atoms with Crippen LogP contribution in [0.3, 0.4) is 0 Å². The van der Waals surface area contributed by atoms with Crippen molar-refractivity contribution >= 4 is 87.4 Å². The number of allylic oxidation sites excluding steroid dienone is 1. The van der Waals surface area contributed by atoms with E-state index >= 15 is 0 Å². The van der Waals surface area contributed by atoms with Crippen LogP contribution in [0.5, 0.6) is 0 Å². The number of amidine groups is 1. The van der Waals surface area contributed by atoms with Crippen molar-refractivity contribution in [1.82, 2.24) is 4.90 Å². The molecule has 0 spiro atoms. The number of carboxylic acids is 1. The Balaban J connectivity index is 0.00000160. The van der Waals surface area contributed by atoms with E-state index in [2.05, 4.69) is 4.99 Å². The number of carboxylic acid groups (broad SMARTS) is 1. The first-order valence-electron chi connectivity index (χ1n) is 8.26. The van der Waals surface area contributed by atoms with Crippen LogP contribution >= 0.6 is 71.4 Å². The summed E-state index contributed by atoms with van der Waals surface area (Å²) >= 11 is 20.5. The second kappa shape index (κ2) is 9.86. The fraction of sp³-hybridized carbons (Fsp3) is 0.100. The molecule has 10 heteroatoms. The van der Waals surface area contributed by atoms with Gasteiger partial charge in [0.15, 0.2) is 5.17 Å². The van der Waals surface area contributed by atoms with Crippen molar-refractivity contribution in [3.8, 4) is 0 Å². The zero-order chi connectivity index (χ0) is 20.0. The zero-order valence-corrected chi connectivity index (χ0v) is 20.0. The third-order valence-corrected chi connectivity index (χ3v) is 6.50. The smallest absolute Gasteiger partial charge is 0.173 e. The number of thioether (sulfide) groups is 1. The SMILES string of the molecule is CC1=C(C(=O)[O-])C(c2ccccc2Cl)N2C=C(c3c(Cl)cccc3Cl)SC2=N1.Cl.Cl. The lowest BCUT2D eigenvalue weighted by atomic mass is 9.95. The minimum absolute atomic E-state index is 0. The molecule has 0 bridgehead atoms. The van der Waals surface area contributed by atoms with Crippen LogP contribution in [0.4, 0.5) is 0 Å². The molecule has 0 amide bonds. The average molecular weight is 524 g/mol. The molecule has 0 saturated carbocycles. The van der Waals surface area contributed by atoms with Gasteiger partial charge in [-0.1, -0.05) is 59.1 Å². The number of rotatable bonds is 3. The van der Waals surface area contributed by atoms with Gasteiger partial charge in [-0.25, -0.2) is 4.99 Å². The van der Waals surface area contributed by atoms with E-state index in [-0.39, 0.29) is 30.4 Å². The number of hydrogen-bond donors (Lipinski definition) is 0. The Bertz CT molecular complexity index is 1080. The number of aliphatic carboxylic acids is 1. The van der Waals surface area contributed by atoms with Crippen LogP contribution in [0.25, 0.3) is 4.91 Å². The molecule has 1 atom stereocenters. The zero-order valence-electron chi connectivity index (χ0n) is 15.3. The van der Waals surface area contributed by atoms with Crippen molar-refractivity contribution in [3.05, 3.63) is 86.1 Å². The molecule has 4 nitrogen and oxygen atoms in total. The van der Waals surface area contributed by atoms with Crippen LogP contribution in [-0.2, 0) is 4.79 Å². The first kappa shape index (κ1) is 24.9. The van der Waals surface area contributed by atoms with Crippen molar-refractivity contribution in [3.63, 3.8) is 0 Å². The van der Waals surface area contributed by atoms with E-state index in [0.29, 0.717) is 37.1 Å². The lowest BCUT2D eigenvalue weighted by Crippen LogP contribution is -2.38. The van der Waals surface area contributed by atoms with E-state index < -0.39 is 12.0 Å². The highest BCUT2D eigenvalue weighted by atomic mass is 35.5. The molecule has 0 saturated heterocycles. The molecule has 0 aromatic heterocycles. The third kappa shape index (κ3) is 4.33. The van der Waals surface area contributed by atoms with Crippen molar-refractivity contribution in [2.45, 2.75) is 13.0 Å². The van der Waals surface area contributed by atoms with Gasteiger partial charge in [-0.2, -0.15) is 0 Å². The highest BCUT2D eigenvalue weighted by Gasteiger charge is 2.37. The van der Waals surface area contributed by atoms with Gasteiger partial charge in [-0.05, 0) is 42.4 Å². The summed E-state index contributed by atoms with van der Waals surface area (Å²) in [6, 6.07) is 11.7. The molecule has 1 unspecified atom stereocenters. The Kier molecular flexibility index (Phi) is 8.19. The summed E-state index contributed by atoms with van der Waals surface area (Å²) in [4.78, 5) is 19.0. The molecule has 0 aliphatic carbocycles. The molecular formula is C20H14Cl5N2O2S-. The number of benzene rings is 2. The van der Waals surface area contributed by atoms with Crippen molar-refractivity contribution < 1.29 is 9.90 Å². The van der Waals surface area contributed by atoms with E-state index in [1.807, 2.05) is 6.07 Å². The minimum atomic E-state index is -1.28. The number of fused-ring (bicyclic) bond motifs is 1. The van der Waals surface area contributed by atoms with Gasteiger partial charge in [-0.3, -0.25) is 0 Å². The fourth-order valence-corrected chi connectivity index (χ4v) is 5.36. The molecule has 2 aromatic rings. The topological polar surface area (TPSA) is 55.7 Å². The van der Waals surface area contributed by atoms with Gasteiger partial charge >= 0.3 is 0 Å². The molecule has 2 aliphatic heterocycles. The molecular weight excluding hydrogens is 510 g/mol. The van der Waals surface area contributed by atoms with Crippen LogP contribution in [0, 0.1) is 0 Å². The predicted octanol–water partition coefficient (Wildman–Crippen LogP) is 5.97. The maximum atomic E-state index is 11.9. The molecule has 0 N–H and O–H groups in total. The summed E-state index contributed by atoms with van der Waals surface area (Å²) in [7, 11) is 0. The largest absolute Gasteiger partial charge is 0.545 e. The first-order valence-corrected chi connectivity index (χ1v) is 10.2. The quantitative estimate of drug-likeness (QED) is 0.497. The van der Waals surface area contributed by atoms with E-state index in [0.717, 1.165) is 4.91 Å². The van der Waals surface area contributed by atoms with Gasteiger partial charge < -0.3 is 14.8 Å². The van der Waals surface area contributed by atoms with Gasteiger partial charge in [0.2, 0.25) is 0 Å². The standard InChI is InChI=1S/C20H13Cl3N2O2S.2ClH/c1-10-16(19(26)27)18(11-5-2-3-6-12(11)21)25-9-15(28-20(25)24-10)17-13(22)7-4-8-14(17)23;;/h2-9,18H,1H3,(H,26,27);2*1H/p-1. The molecule has 30 heavy (non-hydrogen) atoms. The molecule has 158 valence electrons. The summed E-state index contributed by atoms with van der Waals surface area (Å²) in [5.41, 5.74) is 1.78. The average Bonchev–Trinajstić information content (AvgIpc) is 3.03. The fourth-order valence-electron chi connectivity index (χ4n) is 3.28. The lowest BCUT2D eigenvalue weighted by Gasteiger charge is -2.35. The van der Waals surface area contributed by atoms with Crippen molar-refractivity contribution in [1.29, 1.82) is 0 Å². The maximum absolute atomic E-state index is 11.9. The van der Waals surface area contributed by atoms with Gasteiger partial charge in [0.25, 0.3) is 0 Å². The molecule has 2 aromatic carbocycles. The second-order valence-corrected chi connectivity index (χ2v) is 8.44. The lowest BCUT2D eigenvalue weighted by molar-refractivity contribution is -0.300. The van der Waals surface area contributed by atoms with Gasteiger partial charge in [0.05, 0.1) is 22.1 Å². The second-order valence-electron chi connectivity index (χ2n) is 6.20. The Morgan fingerprint density at radius 3 is 2.23 bits per heavy atom. The van der Waals surface area contributed by atoms with Crippen LogP contribution in [0.15, 0.2) is 64.9 Å². The summed E-state index contributed by atoms with van der Waals surface area (Å²) < 4.78 is 0. The Hall–Kier alpha value is -1.34.